The first-order chi connectivity index (χ1) is 13.5. The van der Waals surface area contributed by atoms with Gasteiger partial charge in [-0.05, 0) is 93.2 Å². The third-order valence-corrected chi connectivity index (χ3v) is 7.29. The standard InChI is InChI=1S/C24H33NO3/c1-4-5-17-6-7-21(22(11-17)27-3)28-15-23(26)25-16(2)24-12-18-8-19(13-24)10-20(9-18)14-24/h4-7,11,16,18-20H,8-10,12-15H2,1-3H3,(H,25,26)/b5-4+/t16-,18?,19?,20?,24?/m0/s1. The summed E-state index contributed by atoms with van der Waals surface area (Å²) in [6.07, 6.45) is 12.1. The van der Waals surface area contributed by atoms with Crippen LogP contribution in [-0.4, -0.2) is 25.7 Å². The molecule has 4 aliphatic carbocycles. The lowest BCUT2D eigenvalue weighted by molar-refractivity contribution is -0.127. The fraction of sp³-hybridized carbons (Fsp3) is 0.625. The number of hydrogen-bond donors (Lipinski definition) is 1. The molecule has 0 aliphatic heterocycles. The average molecular weight is 384 g/mol. The molecule has 4 aliphatic rings. The quantitative estimate of drug-likeness (QED) is 0.734. The summed E-state index contributed by atoms with van der Waals surface area (Å²) < 4.78 is 11.2. The smallest absolute Gasteiger partial charge is 0.258 e. The van der Waals surface area contributed by atoms with Crippen LogP contribution in [0.25, 0.3) is 6.08 Å². The first kappa shape index (κ1) is 19.4. The first-order valence-electron chi connectivity index (χ1n) is 10.7. The van der Waals surface area contributed by atoms with Crippen LogP contribution in [0.15, 0.2) is 24.3 Å². The molecule has 4 nitrogen and oxygen atoms in total. The largest absolute Gasteiger partial charge is 0.493 e. The molecule has 1 N–H and O–H groups in total. The predicted octanol–water partition coefficient (Wildman–Crippen LogP) is 4.83. The van der Waals surface area contributed by atoms with Crippen molar-refractivity contribution in [1.29, 1.82) is 0 Å². The number of ether oxygens (including phenoxy) is 2. The number of carbonyl (C=O) groups is 1. The van der Waals surface area contributed by atoms with Crippen molar-refractivity contribution in [3.63, 3.8) is 0 Å². The van der Waals surface area contributed by atoms with Gasteiger partial charge in [0.2, 0.25) is 0 Å². The second-order valence-electron chi connectivity index (χ2n) is 9.27. The van der Waals surface area contributed by atoms with Crippen molar-refractivity contribution in [2.75, 3.05) is 13.7 Å². The lowest BCUT2D eigenvalue weighted by atomic mass is 9.48. The van der Waals surface area contributed by atoms with Crippen molar-refractivity contribution in [1.82, 2.24) is 5.32 Å². The van der Waals surface area contributed by atoms with E-state index in [1.54, 1.807) is 7.11 Å². The Labute approximate surface area is 168 Å². The molecule has 1 amide bonds. The Morgan fingerprint density at radius 1 is 1.18 bits per heavy atom. The van der Waals surface area contributed by atoms with Crippen molar-refractivity contribution in [3.8, 4) is 11.5 Å². The van der Waals surface area contributed by atoms with E-state index in [1.165, 1.54) is 38.5 Å². The fourth-order valence-corrected chi connectivity index (χ4v) is 6.39. The molecule has 1 aromatic carbocycles. The molecular weight excluding hydrogens is 350 g/mol. The number of benzene rings is 1. The van der Waals surface area contributed by atoms with Crippen molar-refractivity contribution < 1.29 is 14.3 Å². The molecule has 0 radical (unpaired) electrons. The maximum Gasteiger partial charge on any atom is 0.258 e. The van der Waals surface area contributed by atoms with E-state index in [0.29, 0.717) is 16.9 Å². The molecule has 0 heterocycles. The summed E-state index contributed by atoms with van der Waals surface area (Å²) in [4.78, 5) is 12.6. The second-order valence-corrected chi connectivity index (χ2v) is 9.27. The number of amides is 1. The zero-order valence-electron chi connectivity index (χ0n) is 17.4. The van der Waals surface area contributed by atoms with Crippen LogP contribution in [0.1, 0.15) is 57.9 Å². The van der Waals surface area contributed by atoms with E-state index in [0.717, 1.165) is 23.3 Å². The third-order valence-electron chi connectivity index (χ3n) is 7.29. The zero-order chi connectivity index (χ0) is 19.7. The molecule has 4 heteroatoms. The van der Waals surface area contributed by atoms with Gasteiger partial charge in [0.1, 0.15) is 0 Å². The van der Waals surface area contributed by atoms with Crippen molar-refractivity contribution in [2.24, 2.45) is 23.2 Å². The predicted molar refractivity (Wildman–Crippen MR) is 111 cm³/mol. The minimum atomic E-state index is -0.0390. The molecule has 0 saturated heterocycles. The van der Waals surface area contributed by atoms with E-state index in [4.69, 9.17) is 9.47 Å². The van der Waals surface area contributed by atoms with Crippen molar-refractivity contribution in [3.05, 3.63) is 29.8 Å². The van der Waals surface area contributed by atoms with E-state index in [1.807, 2.05) is 37.3 Å². The Morgan fingerprint density at radius 3 is 2.39 bits per heavy atom. The highest BCUT2D eigenvalue weighted by atomic mass is 16.5. The van der Waals surface area contributed by atoms with Gasteiger partial charge in [-0.2, -0.15) is 0 Å². The normalized spacial score (nSPS) is 31.8. The van der Waals surface area contributed by atoms with E-state index in [2.05, 4.69) is 12.2 Å². The number of allylic oxidation sites excluding steroid dienone is 1. The summed E-state index contributed by atoms with van der Waals surface area (Å²) >= 11 is 0. The molecule has 4 fully saturated rings. The van der Waals surface area contributed by atoms with Gasteiger partial charge in [0.15, 0.2) is 18.1 Å². The Morgan fingerprint density at radius 2 is 1.82 bits per heavy atom. The van der Waals surface area contributed by atoms with Gasteiger partial charge < -0.3 is 14.8 Å². The van der Waals surface area contributed by atoms with Crippen LogP contribution in [0.5, 0.6) is 11.5 Å². The highest BCUT2D eigenvalue weighted by Crippen LogP contribution is 2.61. The molecule has 1 aromatic rings. The van der Waals surface area contributed by atoms with Gasteiger partial charge in [-0.25, -0.2) is 0 Å². The molecule has 0 unspecified atom stereocenters. The lowest BCUT2D eigenvalue weighted by Crippen LogP contribution is -2.56. The van der Waals surface area contributed by atoms with Gasteiger partial charge >= 0.3 is 0 Å². The van der Waals surface area contributed by atoms with Crippen LogP contribution in [0.4, 0.5) is 0 Å². The fourth-order valence-electron chi connectivity index (χ4n) is 6.39. The first-order valence-corrected chi connectivity index (χ1v) is 10.7. The number of carbonyl (C=O) groups excluding carboxylic acids is 1. The average Bonchev–Trinajstić information content (AvgIpc) is 2.66. The van der Waals surface area contributed by atoms with Crippen LogP contribution in [0.2, 0.25) is 0 Å². The maximum absolute atomic E-state index is 12.6. The third kappa shape index (κ3) is 3.78. The van der Waals surface area contributed by atoms with Crippen molar-refractivity contribution in [2.45, 2.75) is 58.4 Å². The number of methoxy groups -OCH3 is 1. The van der Waals surface area contributed by atoms with Crippen molar-refractivity contribution >= 4 is 12.0 Å². The van der Waals surface area contributed by atoms with Gasteiger partial charge in [0.05, 0.1) is 7.11 Å². The van der Waals surface area contributed by atoms with E-state index in [-0.39, 0.29) is 18.6 Å². The Kier molecular flexibility index (Phi) is 5.39. The Hall–Kier alpha value is -1.97. The van der Waals surface area contributed by atoms with Crippen LogP contribution >= 0.6 is 0 Å². The van der Waals surface area contributed by atoms with Gasteiger partial charge in [0.25, 0.3) is 5.91 Å². The monoisotopic (exact) mass is 383 g/mol. The summed E-state index contributed by atoms with van der Waals surface area (Å²) in [5, 5.41) is 3.26. The Balaban J connectivity index is 1.35. The minimum absolute atomic E-state index is 0.0238. The van der Waals surface area contributed by atoms with Crippen LogP contribution < -0.4 is 14.8 Å². The summed E-state index contributed by atoms with van der Waals surface area (Å²) in [5.41, 5.74) is 1.36. The van der Waals surface area contributed by atoms with Gasteiger partial charge in [0, 0.05) is 6.04 Å². The van der Waals surface area contributed by atoms with E-state index < -0.39 is 0 Å². The second kappa shape index (κ2) is 7.81. The summed E-state index contributed by atoms with van der Waals surface area (Å²) in [5.74, 6) is 3.89. The van der Waals surface area contributed by atoms with Gasteiger partial charge in [-0.1, -0.05) is 18.2 Å². The summed E-state index contributed by atoms with van der Waals surface area (Å²) in [6.45, 7) is 4.21. The Bertz CT molecular complexity index is 719. The molecule has 1 atom stereocenters. The highest BCUT2D eigenvalue weighted by molar-refractivity contribution is 5.78. The minimum Gasteiger partial charge on any atom is -0.493 e. The molecule has 5 rings (SSSR count). The lowest BCUT2D eigenvalue weighted by Gasteiger charge is -2.59. The molecular formula is C24H33NO3. The molecule has 0 spiro atoms. The van der Waals surface area contributed by atoms with Gasteiger partial charge in [-0.15, -0.1) is 0 Å². The summed E-state index contributed by atoms with van der Waals surface area (Å²) in [7, 11) is 1.62. The highest BCUT2D eigenvalue weighted by Gasteiger charge is 2.53. The van der Waals surface area contributed by atoms with Crippen LogP contribution in [-0.2, 0) is 4.79 Å². The molecule has 4 bridgehead atoms. The number of nitrogens with one attached hydrogen (secondary N) is 1. The molecule has 0 aromatic heterocycles. The maximum atomic E-state index is 12.6. The van der Waals surface area contributed by atoms with E-state index in [9.17, 15) is 4.79 Å². The zero-order valence-corrected chi connectivity index (χ0v) is 17.4. The molecule has 4 saturated carbocycles. The molecule has 28 heavy (non-hydrogen) atoms. The van der Waals surface area contributed by atoms with Crippen LogP contribution in [0, 0.1) is 23.2 Å². The molecule has 152 valence electrons. The van der Waals surface area contributed by atoms with E-state index >= 15 is 0 Å². The SMILES string of the molecule is C/C=C/c1ccc(OCC(=O)N[C@@H](C)C23CC4CC(CC(C4)C2)C3)c(OC)c1. The number of hydrogen-bond acceptors (Lipinski definition) is 3. The number of rotatable bonds is 7. The van der Waals surface area contributed by atoms with Crippen LogP contribution in [0.3, 0.4) is 0 Å². The topological polar surface area (TPSA) is 47.6 Å². The van der Waals surface area contributed by atoms with Gasteiger partial charge in [-0.3, -0.25) is 4.79 Å². The summed E-state index contributed by atoms with van der Waals surface area (Å²) in [6, 6.07) is 5.97.